The van der Waals surface area contributed by atoms with Crippen LogP contribution in [-0.2, 0) is 0 Å². The number of halogens is 1. The first kappa shape index (κ1) is 13.0. The fourth-order valence-corrected chi connectivity index (χ4v) is 2.24. The Kier molecular flexibility index (Phi) is 6.30. The Labute approximate surface area is 98.7 Å². The fourth-order valence-electron chi connectivity index (χ4n) is 2.17. The first-order valence-corrected chi connectivity index (χ1v) is 6.32. The highest BCUT2D eigenvalue weighted by Gasteiger charge is 2.18. The van der Waals surface area contributed by atoms with E-state index in [0.29, 0.717) is 0 Å². The summed E-state index contributed by atoms with van der Waals surface area (Å²) in [4.78, 5) is 2.50. The number of nitrogens with zero attached hydrogens (tertiary/aromatic N) is 1. The van der Waals surface area contributed by atoms with Gasteiger partial charge in [-0.05, 0) is 64.4 Å². The summed E-state index contributed by atoms with van der Waals surface area (Å²) in [7, 11) is 2.03. The lowest BCUT2D eigenvalue weighted by molar-refractivity contribution is 0.191. The van der Waals surface area contributed by atoms with Gasteiger partial charge in [-0.3, -0.25) is 4.90 Å². The van der Waals surface area contributed by atoms with Crippen LogP contribution in [0.2, 0.25) is 0 Å². The zero-order chi connectivity index (χ0) is 11.1. The third kappa shape index (κ3) is 5.01. The van der Waals surface area contributed by atoms with Gasteiger partial charge in [-0.2, -0.15) is 0 Å². The minimum atomic E-state index is 0.925. The minimum Gasteiger partial charge on any atom is -0.320 e. The number of rotatable bonds is 5. The summed E-state index contributed by atoms with van der Waals surface area (Å²) >= 11 is 5.67. The van der Waals surface area contributed by atoms with Crippen molar-refractivity contribution >= 4 is 11.6 Å². The van der Waals surface area contributed by atoms with Crippen molar-refractivity contribution in [1.82, 2.24) is 10.2 Å². The van der Waals surface area contributed by atoms with E-state index in [-0.39, 0.29) is 0 Å². The Morgan fingerprint density at radius 1 is 1.47 bits per heavy atom. The second-order valence-corrected chi connectivity index (χ2v) is 4.79. The van der Waals surface area contributed by atoms with Crippen LogP contribution in [0.25, 0.3) is 0 Å². The maximum atomic E-state index is 5.67. The monoisotopic (exact) mass is 230 g/mol. The average Bonchev–Trinajstić information content (AvgIpc) is 2.28. The highest BCUT2D eigenvalue weighted by Crippen LogP contribution is 2.20. The number of likely N-dealkylation sites (tertiary alicyclic amines) is 1. The lowest BCUT2D eigenvalue weighted by Crippen LogP contribution is -2.35. The van der Waals surface area contributed by atoms with Crippen molar-refractivity contribution in [1.29, 1.82) is 0 Å². The van der Waals surface area contributed by atoms with Crippen molar-refractivity contribution in [3.8, 4) is 0 Å². The van der Waals surface area contributed by atoms with Gasteiger partial charge in [-0.25, -0.2) is 0 Å². The molecule has 1 rings (SSSR count). The van der Waals surface area contributed by atoms with Crippen molar-refractivity contribution in [2.45, 2.75) is 26.2 Å². The first-order valence-electron chi connectivity index (χ1n) is 5.89. The molecule has 1 heterocycles. The summed E-state index contributed by atoms with van der Waals surface area (Å²) in [6.45, 7) is 6.76. The van der Waals surface area contributed by atoms with Gasteiger partial charge in [0.1, 0.15) is 0 Å². The molecule has 3 heteroatoms. The van der Waals surface area contributed by atoms with Crippen molar-refractivity contribution in [2.75, 3.05) is 33.2 Å². The molecule has 1 fully saturated rings. The zero-order valence-electron chi connectivity index (χ0n) is 9.93. The second kappa shape index (κ2) is 7.26. The summed E-state index contributed by atoms with van der Waals surface area (Å²) in [5.41, 5.74) is 2.97. The molecule has 0 aromatic carbocycles. The van der Waals surface area contributed by atoms with Crippen molar-refractivity contribution in [2.24, 2.45) is 5.92 Å². The molecule has 0 spiro atoms. The molecule has 0 saturated carbocycles. The zero-order valence-corrected chi connectivity index (χ0v) is 10.7. The van der Waals surface area contributed by atoms with Gasteiger partial charge in [0.15, 0.2) is 0 Å². The standard InChI is InChI=1S/C12H23ClN2/c1-11(9-13)10-15-7-4-12(5-8-15)3-6-14-2/h9,12,14H,3-8,10H2,1-2H3. The van der Waals surface area contributed by atoms with E-state index in [0.717, 1.165) is 19.0 Å². The molecule has 0 aromatic rings. The Bertz CT molecular complexity index is 196. The van der Waals surface area contributed by atoms with E-state index in [1.807, 2.05) is 7.05 Å². The Hall–Kier alpha value is -0.0500. The SMILES string of the molecule is CNCCC1CCN(CC(C)=CCl)CC1. The van der Waals surface area contributed by atoms with Gasteiger partial charge in [0.05, 0.1) is 0 Å². The molecular weight excluding hydrogens is 208 g/mol. The summed E-state index contributed by atoms with van der Waals surface area (Å²) in [6, 6.07) is 0. The Morgan fingerprint density at radius 2 is 2.13 bits per heavy atom. The van der Waals surface area contributed by atoms with Gasteiger partial charge in [0, 0.05) is 12.1 Å². The molecule has 88 valence electrons. The molecular formula is C12H23ClN2. The Balaban J connectivity index is 2.18. The molecule has 0 bridgehead atoms. The number of piperidine rings is 1. The van der Waals surface area contributed by atoms with Crippen molar-refractivity contribution in [3.05, 3.63) is 11.1 Å². The van der Waals surface area contributed by atoms with Crippen LogP contribution >= 0.6 is 11.6 Å². The number of hydrogen-bond donors (Lipinski definition) is 1. The normalized spacial score (nSPS) is 20.9. The molecule has 0 aliphatic carbocycles. The van der Waals surface area contributed by atoms with Crippen LogP contribution in [0.3, 0.4) is 0 Å². The maximum Gasteiger partial charge on any atom is 0.0201 e. The van der Waals surface area contributed by atoms with E-state index in [2.05, 4.69) is 17.1 Å². The molecule has 15 heavy (non-hydrogen) atoms. The van der Waals surface area contributed by atoms with E-state index in [9.17, 15) is 0 Å². The van der Waals surface area contributed by atoms with Crippen LogP contribution < -0.4 is 5.32 Å². The minimum absolute atomic E-state index is 0.925. The van der Waals surface area contributed by atoms with E-state index in [1.54, 1.807) is 5.54 Å². The van der Waals surface area contributed by atoms with Crippen LogP contribution in [0.5, 0.6) is 0 Å². The second-order valence-electron chi connectivity index (χ2n) is 4.57. The van der Waals surface area contributed by atoms with Gasteiger partial charge in [-0.1, -0.05) is 11.6 Å². The van der Waals surface area contributed by atoms with Crippen LogP contribution in [0, 0.1) is 5.92 Å². The molecule has 1 saturated heterocycles. The van der Waals surface area contributed by atoms with Gasteiger partial charge < -0.3 is 5.32 Å². The van der Waals surface area contributed by atoms with E-state index in [1.165, 1.54) is 37.9 Å². The summed E-state index contributed by atoms with van der Waals surface area (Å²) in [5, 5.41) is 3.23. The fraction of sp³-hybridized carbons (Fsp3) is 0.833. The highest BCUT2D eigenvalue weighted by atomic mass is 35.5. The van der Waals surface area contributed by atoms with Gasteiger partial charge in [0.2, 0.25) is 0 Å². The molecule has 0 unspecified atom stereocenters. The third-order valence-electron chi connectivity index (χ3n) is 3.17. The Morgan fingerprint density at radius 3 is 2.67 bits per heavy atom. The molecule has 0 atom stereocenters. The van der Waals surface area contributed by atoms with Crippen LogP contribution in [0.4, 0.5) is 0 Å². The van der Waals surface area contributed by atoms with E-state index >= 15 is 0 Å². The number of hydrogen-bond acceptors (Lipinski definition) is 2. The molecule has 1 N–H and O–H groups in total. The van der Waals surface area contributed by atoms with Gasteiger partial charge in [-0.15, -0.1) is 0 Å². The van der Waals surface area contributed by atoms with Gasteiger partial charge in [0.25, 0.3) is 0 Å². The van der Waals surface area contributed by atoms with Crippen LogP contribution in [0.1, 0.15) is 26.2 Å². The van der Waals surface area contributed by atoms with Crippen LogP contribution in [-0.4, -0.2) is 38.1 Å². The van der Waals surface area contributed by atoms with Crippen LogP contribution in [0.15, 0.2) is 11.1 Å². The molecule has 1 aliphatic heterocycles. The van der Waals surface area contributed by atoms with E-state index in [4.69, 9.17) is 11.6 Å². The first-order chi connectivity index (χ1) is 7.26. The summed E-state index contributed by atoms with van der Waals surface area (Å²) in [5.74, 6) is 0.925. The molecule has 0 radical (unpaired) electrons. The summed E-state index contributed by atoms with van der Waals surface area (Å²) < 4.78 is 0. The predicted octanol–water partition coefficient (Wildman–Crippen LogP) is 2.45. The highest BCUT2D eigenvalue weighted by molar-refractivity contribution is 6.25. The largest absolute Gasteiger partial charge is 0.320 e. The topological polar surface area (TPSA) is 15.3 Å². The van der Waals surface area contributed by atoms with E-state index < -0.39 is 0 Å². The van der Waals surface area contributed by atoms with Crippen molar-refractivity contribution < 1.29 is 0 Å². The predicted molar refractivity (Wildman–Crippen MR) is 67.3 cm³/mol. The molecule has 2 nitrogen and oxygen atoms in total. The van der Waals surface area contributed by atoms with Crippen molar-refractivity contribution in [3.63, 3.8) is 0 Å². The molecule has 1 aliphatic rings. The quantitative estimate of drug-likeness (QED) is 0.781. The van der Waals surface area contributed by atoms with Gasteiger partial charge >= 0.3 is 0 Å². The average molecular weight is 231 g/mol. The third-order valence-corrected chi connectivity index (χ3v) is 3.54. The molecule has 0 amide bonds. The number of nitrogens with one attached hydrogen (secondary N) is 1. The lowest BCUT2D eigenvalue weighted by atomic mass is 9.93. The maximum absolute atomic E-state index is 5.67. The smallest absolute Gasteiger partial charge is 0.0201 e. The lowest BCUT2D eigenvalue weighted by Gasteiger charge is -2.32. The molecule has 0 aromatic heterocycles. The summed E-state index contributed by atoms with van der Waals surface area (Å²) in [6.07, 6.45) is 4.02.